The standard InChI is InChI=1S/C14H18N4O3S/c19-14(3-7-18-5-1-9-22(18,20)21)16-11-12-2-6-17-8-4-15-13(17)10-12/h2,4,6,8,10H,1,3,5,7,9,11H2,(H,16,19). The number of nitrogens with zero attached hydrogens (tertiary/aromatic N) is 3. The summed E-state index contributed by atoms with van der Waals surface area (Å²) >= 11 is 0. The van der Waals surface area contributed by atoms with Crippen LogP contribution < -0.4 is 5.32 Å². The van der Waals surface area contributed by atoms with Gasteiger partial charge in [0, 0.05) is 44.6 Å². The van der Waals surface area contributed by atoms with Crippen molar-refractivity contribution in [2.75, 3.05) is 18.8 Å². The third-order valence-electron chi connectivity index (χ3n) is 3.74. The molecule has 2 aromatic heterocycles. The second-order valence-electron chi connectivity index (χ2n) is 5.32. The Bertz CT molecular complexity index is 784. The van der Waals surface area contributed by atoms with Crippen LogP contribution in [0, 0.1) is 0 Å². The summed E-state index contributed by atoms with van der Waals surface area (Å²) in [4.78, 5) is 16.0. The Morgan fingerprint density at radius 1 is 1.36 bits per heavy atom. The van der Waals surface area contributed by atoms with Gasteiger partial charge in [-0.3, -0.25) is 4.79 Å². The Hall–Kier alpha value is -1.93. The number of imidazole rings is 1. The van der Waals surface area contributed by atoms with Crippen molar-refractivity contribution >= 4 is 21.6 Å². The zero-order valence-corrected chi connectivity index (χ0v) is 12.9. The van der Waals surface area contributed by atoms with E-state index in [9.17, 15) is 13.2 Å². The average molecular weight is 322 g/mol. The van der Waals surface area contributed by atoms with Crippen molar-refractivity contribution in [3.05, 3.63) is 36.3 Å². The van der Waals surface area contributed by atoms with E-state index in [1.807, 2.05) is 28.9 Å². The van der Waals surface area contributed by atoms with Gasteiger partial charge >= 0.3 is 0 Å². The van der Waals surface area contributed by atoms with Gasteiger partial charge in [0.2, 0.25) is 15.9 Å². The molecule has 0 saturated carbocycles. The third-order valence-corrected chi connectivity index (χ3v) is 5.70. The number of sulfonamides is 1. The summed E-state index contributed by atoms with van der Waals surface area (Å²) < 4.78 is 26.6. The van der Waals surface area contributed by atoms with Gasteiger partial charge < -0.3 is 9.72 Å². The summed E-state index contributed by atoms with van der Waals surface area (Å²) in [7, 11) is -3.13. The van der Waals surface area contributed by atoms with Crippen molar-refractivity contribution in [3.63, 3.8) is 0 Å². The number of pyridine rings is 1. The predicted molar refractivity (Wildman–Crippen MR) is 81.6 cm³/mol. The molecule has 1 saturated heterocycles. The van der Waals surface area contributed by atoms with Crippen LogP contribution in [-0.2, 0) is 21.4 Å². The molecule has 0 spiro atoms. The highest BCUT2D eigenvalue weighted by Crippen LogP contribution is 2.13. The Morgan fingerprint density at radius 2 is 2.23 bits per heavy atom. The maximum atomic E-state index is 11.8. The number of rotatable bonds is 5. The summed E-state index contributed by atoms with van der Waals surface area (Å²) in [6, 6.07) is 3.82. The quantitative estimate of drug-likeness (QED) is 0.862. The summed E-state index contributed by atoms with van der Waals surface area (Å²) in [5.41, 5.74) is 1.79. The van der Waals surface area contributed by atoms with Crippen LogP contribution in [-0.4, -0.2) is 46.9 Å². The summed E-state index contributed by atoms with van der Waals surface area (Å²) in [6.45, 7) is 1.19. The van der Waals surface area contributed by atoms with E-state index in [1.165, 1.54) is 4.31 Å². The van der Waals surface area contributed by atoms with Crippen molar-refractivity contribution in [2.24, 2.45) is 0 Å². The maximum absolute atomic E-state index is 11.8. The van der Waals surface area contributed by atoms with Gasteiger partial charge in [0.15, 0.2) is 0 Å². The lowest BCUT2D eigenvalue weighted by atomic mass is 10.2. The average Bonchev–Trinajstić information content (AvgIpc) is 3.08. The fourth-order valence-corrected chi connectivity index (χ4v) is 4.05. The molecule has 118 valence electrons. The number of fused-ring (bicyclic) bond motifs is 1. The minimum absolute atomic E-state index is 0.148. The van der Waals surface area contributed by atoms with E-state index < -0.39 is 10.0 Å². The van der Waals surface area contributed by atoms with Crippen LogP contribution in [0.15, 0.2) is 30.7 Å². The lowest BCUT2D eigenvalue weighted by Crippen LogP contribution is -2.31. The summed E-state index contributed by atoms with van der Waals surface area (Å²) in [6.07, 6.45) is 6.29. The van der Waals surface area contributed by atoms with Crippen LogP contribution in [0.1, 0.15) is 18.4 Å². The molecular weight excluding hydrogens is 304 g/mol. The van der Waals surface area contributed by atoms with Crippen molar-refractivity contribution < 1.29 is 13.2 Å². The number of aromatic nitrogens is 2. The Kier molecular flexibility index (Phi) is 4.12. The zero-order valence-electron chi connectivity index (χ0n) is 12.1. The van der Waals surface area contributed by atoms with Crippen LogP contribution in [0.4, 0.5) is 0 Å². The van der Waals surface area contributed by atoms with Gasteiger partial charge in [-0.25, -0.2) is 17.7 Å². The van der Waals surface area contributed by atoms with Crippen LogP contribution in [0.25, 0.3) is 5.65 Å². The number of carbonyl (C=O) groups is 1. The molecule has 0 radical (unpaired) electrons. The molecule has 7 nitrogen and oxygen atoms in total. The van der Waals surface area contributed by atoms with E-state index in [-0.39, 0.29) is 24.6 Å². The molecule has 0 aromatic carbocycles. The molecule has 1 amide bonds. The van der Waals surface area contributed by atoms with Gasteiger partial charge in [-0.1, -0.05) is 0 Å². The number of hydrogen-bond acceptors (Lipinski definition) is 4. The summed E-state index contributed by atoms with van der Waals surface area (Å²) in [5, 5.41) is 2.81. The van der Waals surface area contributed by atoms with Crippen molar-refractivity contribution in [3.8, 4) is 0 Å². The largest absolute Gasteiger partial charge is 0.352 e. The van der Waals surface area contributed by atoms with Crippen LogP contribution >= 0.6 is 0 Å². The van der Waals surface area contributed by atoms with Crippen molar-refractivity contribution in [1.82, 2.24) is 19.0 Å². The smallest absolute Gasteiger partial charge is 0.221 e. The fourth-order valence-electron chi connectivity index (χ4n) is 2.52. The second-order valence-corrected chi connectivity index (χ2v) is 7.41. The van der Waals surface area contributed by atoms with Gasteiger partial charge in [0.25, 0.3) is 0 Å². The van der Waals surface area contributed by atoms with E-state index in [0.29, 0.717) is 19.5 Å². The van der Waals surface area contributed by atoms with Gasteiger partial charge in [-0.05, 0) is 24.1 Å². The zero-order chi connectivity index (χ0) is 15.6. The number of amides is 1. The minimum atomic E-state index is -3.13. The Balaban J connectivity index is 1.49. The lowest BCUT2D eigenvalue weighted by molar-refractivity contribution is -0.121. The monoisotopic (exact) mass is 322 g/mol. The molecule has 1 N–H and O–H groups in total. The molecule has 0 atom stereocenters. The van der Waals surface area contributed by atoms with Gasteiger partial charge in [0.05, 0.1) is 5.75 Å². The highest BCUT2D eigenvalue weighted by Gasteiger charge is 2.27. The fraction of sp³-hybridized carbons (Fsp3) is 0.429. The third kappa shape index (κ3) is 3.28. The molecule has 2 aromatic rings. The molecule has 1 aliphatic heterocycles. The van der Waals surface area contributed by atoms with E-state index in [4.69, 9.17) is 0 Å². The summed E-state index contributed by atoms with van der Waals surface area (Å²) in [5.74, 6) is 0.0455. The Labute approximate surface area is 129 Å². The first kappa shape index (κ1) is 15.0. The highest BCUT2D eigenvalue weighted by atomic mass is 32.2. The van der Waals surface area contributed by atoms with Gasteiger partial charge in [-0.15, -0.1) is 0 Å². The van der Waals surface area contributed by atoms with Gasteiger partial charge in [-0.2, -0.15) is 0 Å². The molecular formula is C14H18N4O3S. The van der Waals surface area contributed by atoms with E-state index in [1.54, 1.807) is 6.20 Å². The topological polar surface area (TPSA) is 83.8 Å². The molecule has 3 heterocycles. The van der Waals surface area contributed by atoms with Crippen LogP contribution in [0.2, 0.25) is 0 Å². The van der Waals surface area contributed by atoms with Crippen LogP contribution in [0.3, 0.4) is 0 Å². The lowest BCUT2D eigenvalue weighted by Gasteiger charge is -2.13. The molecule has 22 heavy (non-hydrogen) atoms. The molecule has 3 rings (SSSR count). The second kappa shape index (κ2) is 6.05. The molecule has 0 unspecified atom stereocenters. The van der Waals surface area contributed by atoms with Crippen LogP contribution in [0.5, 0.6) is 0 Å². The minimum Gasteiger partial charge on any atom is -0.352 e. The molecule has 8 heteroatoms. The maximum Gasteiger partial charge on any atom is 0.221 e. The Morgan fingerprint density at radius 3 is 3.00 bits per heavy atom. The first-order chi connectivity index (χ1) is 10.5. The van der Waals surface area contributed by atoms with E-state index in [0.717, 1.165) is 11.2 Å². The molecule has 1 aliphatic rings. The van der Waals surface area contributed by atoms with E-state index >= 15 is 0 Å². The number of carbonyl (C=O) groups excluding carboxylic acids is 1. The normalized spacial score (nSPS) is 17.8. The van der Waals surface area contributed by atoms with E-state index in [2.05, 4.69) is 10.3 Å². The molecule has 1 fully saturated rings. The molecule has 0 bridgehead atoms. The highest BCUT2D eigenvalue weighted by molar-refractivity contribution is 7.89. The number of hydrogen-bond donors (Lipinski definition) is 1. The van der Waals surface area contributed by atoms with Crippen molar-refractivity contribution in [1.29, 1.82) is 0 Å². The predicted octanol–water partition coefficient (Wildman–Crippen LogP) is 0.376. The van der Waals surface area contributed by atoms with Gasteiger partial charge in [0.1, 0.15) is 5.65 Å². The SMILES string of the molecule is O=C(CCN1CCCS1(=O)=O)NCc1ccn2ccnc2c1. The van der Waals surface area contributed by atoms with Crippen molar-refractivity contribution in [2.45, 2.75) is 19.4 Å². The number of nitrogens with one attached hydrogen (secondary N) is 1. The first-order valence-corrected chi connectivity index (χ1v) is 8.82. The first-order valence-electron chi connectivity index (χ1n) is 7.21. The molecule has 0 aliphatic carbocycles.